The number of esters is 1. The van der Waals surface area contributed by atoms with Gasteiger partial charge in [0.2, 0.25) is 0 Å². The molecule has 12 atom stereocenters. The van der Waals surface area contributed by atoms with Crippen LogP contribution in [0.15, 0.2) is 24.7 Å². The van der Waals surface area contributed by atoms with Crippen LogP contribution in [0, 0.1) is 23.2 Å². The lowest BCUT2D eigenvalue weighted by atomic mass is 9.72. The Hall–Kier alpha value is -3.50. The highest BCUT2D eigenvalue weighted by molar-refractivity contribution is 6.04. The fraction of sp³-hybridized carbons (Fsp3) is 0.756. The first-order valence-corrected chi connectivity index (χ1v) is 20.1. The number of pyridine rings is 1. The third kappa shape index (κ3) is 8.66. The molecule has 0 saturated carbocycles. The zero-order valence-corrected chi connectivity index (χ0v) is 35.0. The number of Topliss-reactive ketones (excluding diaryl/α,β-unsaturated/α-hetero) is 2. The molecule has 5 heterocycles. The molecule has 3 fully saturated rings. The van der Waals surface area contributed by atoms with E-state index >= 15 is 0 Å². The number of amides is 1. The van der Waals surface area contributed by atoms with Crippen molar-refractivity contribution in [2.75, 3.05) is 27.7 Å². The summed E-state index contributed by atoms with van der Waals surface area (Å²) in [5, 5.41) is 11.5. The standard InChI is InChI=1S/C41H63N5O10/c1-12-29-33-30(46(39(51)55-33)19-14-13-18-45-22-43-27-16-15-17-42-36(27)45)25(4)31(47)23(2)21-41(8,52-11)35(26(5)34(49)40(6,7)38(50)54-29)56-37-32(48)28(44(9)10)20-24(3)53-37/h15-17,22-26,28-30,32-33,35,37,48H,12-14,18-21H2,1-11H3/t23-,24-,25-,26+,28+,29-,30-,32-,33?,35-,37?,41-/m1/s1. The maximum Gasteiger partial charge on any atom is 0.410 e. The monoisotopic (exact) mass is 785 g/mol. The van der Waals surface area contributed by atoms with Crippen molar-refractivity contribution in [2.45, 2.75) is 149 Å². The van der Waals surface area contributed by atoms with Crippen molar-refractivity contribution in [3.8, 4) is 0 Å². The van der Waals surface area contributed by atoms with E-state index in [1.807, 2.05) is 56.5 Å². The topological polar surface area (TPSA) is 172 Å². The van der Waals surface area contributed by atoms with E-state index in [2.05, 4.69) is 9.97 Å². The van der Waals surface area contributed by atoms with Gasteiger partial charge in [-0.2, -0.15) is 0 Å². The number of methoxy groups -OCH3 is 1. The summed E-state index contributed by atoms with van der Waals surface area (Å²) in [6.07, 6.45) is -0.206. The average molecular weight is 786 g/mol. The van der Waals surface area contributed by atoms with Crippen LogP contribution in [0.1, 0.15) is 87.5 Å². The second kappa shape index (κ2) is 17.6. The quantitative estimate of drug-likeness (QED) is 0.204. The van der Waals surface area contributed by atoms with Crippen molar-refractivity contribution in [2.24, 2.45) is 23.2 Å². The minimum absolute atomic E-state index is 0.131. The second-order valence-corrected chi connectivity index (χ2v) is 17.1. The van der Waals surface area contributed by atoms with Gasteiger partial charge >= 0.3 is 12.1 Å². The summed E-state index contributed by atoms with van der Waals surface area (Å²) in [5.74, 6) is -3.73. The summed E-state index contributed by atoms with van der Waals surface area (Å²) in [6, 6.07) is 2.71. The van der Waals surface area contributed by atoms with E-state index in [0.29, 0.717) is 32.4 Å². The predicted molar refractivity (Wildman–Crippen MR) is 206 cm³/mol. The Labute approximate surface area is 330 Å². The third-order valence-corrected chi connectivity index (χ3v) is 12.4. The number of carbonyl (C=O) groups is 4. The zero-order chi connectivity index (χ0) is 41.3. The minimum Gasteiger partial charge on any atom is -0.458 e. The van der Waals surface area contributed by atoms with E-state index < -0.39 is 83.4 Å². The fourth-order valence-corrected chi connectivity index (χ4v) is 8.97. The largest absolute Gasteiger partial charge is 0.458 e. The first-order chi connectivity index (χ1) is 26.4. The molecule has 3 aliphatic heterocycles. The van der Waals surface area contributed by atoms with E-state index in [-0.39, 0.29) is 30.8 Å². The Balaban J connectivity index is 1.46. The molecule has 3 saturated heterocycles. The summed E-state index contributed by atoms with van der Waals surface area (Å²) in [4.78, 5) is 69.3. The molecule has 15 nitrogen and oxygen atoms in total. The third-order valence-electron chi connectivity index (χ3n) is 12.4. The smallest absolute Gasteiger partial charge is 0.410 e. The summed E-state index contributed by atoms with van der Waals surface area (Å²) >= 11 is 0. The molecule has 1 amide bonds. The van der Waals surface area contributed by atoms with Crippen molar-refractivity contribution >= 4 is 34.8 Å². The number of unbranched alkanes of at least 4 members (excludes halogenated alkanes) is 1. The number of nitrogens with zero attached hydrogens (tertiary/aromatic N) is 5. The van der Waals surface area contributed by atoms with Gasteiger partial charge < -0.3 is 43.2 Å². The van der Waals surface area contributed by atoms with Crippen LogP contribution in [0.25, 0.3) is 11.2 Å². The highest BCUT2D eigenvalue weighted by Crippen LogP contribution is 2.41. The van der Waals surface area contributed by atoms with Crippen LogP contribution in [0.3, 0.4) is 0 Å². The predicted octanol–water partition coefficient (Wildman–Crippen LogP) is 4.42. The van der Waals surface area contributed by atoms with E-state index in [9.17, 15) is 24.3 Å². The second-order valence-electron chi connectivity index (χ2n) is 17.1. The van der Waals surface area contributed by atoms with Gasteiger partial charge in [-0.25, -0.2) is 14.8 Å². The number of likely N-dealkylation sites (N-methyl/N-ethyl adjacent to an activating group) is 1. The van der Waals surface area contributed by atoms with Crippen molar-refractivity contribution in [1.82, 2.24) is 24.3 Å². The first kappa shape index (κ1) is 43.6. The molecule has 1 N–H and O–H groups in total. The molecule has 0 aliphatic carbocycles. The molecule has 56 heavy (non-hydrogen) atoms. The van der Waals surface area contributed by atoms with Gasteiger partial charge in [0.1, 0.15) is 28.9 Å². The van der Waals surface area contributed by atoms with Gasteiger partial charge in [-0.05, 0) is 86.0 Å². The Morgan fingerprint density at radius 2 is 1.70 bits per heavy atom. The number of rotatable bonds is 10. The van der Waals surface area contributed by atoms with Gasteiger partial charge in [0.05, 0.1) is 30.2 Å². The van der Waals surface area contributed by atoms with Gasteiger partial charge in [0, 0.05) is 50.2 Å². The normalized spacial score (nSPS) is 36.0. The number of aromatic nitrogens is 3. The van der Waals surface area contributed by atoms with Crippen molar-refractivity contribution in [1.29, 1.82) is 0 Å². The van der Waals surface area contributed by atoms with Crippen LogP contribution in [0.2, 0.25) is 0 Å². The number of aryl methyl sites for hydroxylation is 1. The van der Waals surface area contributed by atoms with Crippen LogP contribution < -0.4 is 0 Å². The van der Waals surface area contributed by atoms with E-state index in [0.717, 1.165) is 11.2 Å². The maximum atomic E-state index is 14.6. The van der Waals surface area contributed by atoms with Crippen LogP contribution in [-0.4, -0.2) is 135 Å². The summed E-state index contributed by atoms with van der Waals surface area (Å²) in [6.45, 7) is 14.7. The highest BCUT2D eigenvalue weighted by Gasteiger charge is 2.55. The number of aliphatic hydroxyl groups is 1. The van der Waals surface area contributed by atoms with Crippen LogP contribution >= 0.6 is 0 Å². The molecule has 2 aromatic heterocycles. The Morgan fingerprint density at radius 1 is 1.00 bits per heavy atom. The summed E-state index contributed by atoms with van der Waals surface area (Å²) in [5.41, 5.74) is -1.35. The maximum absolute atomic E-state index is 14.6. The molecular formula is C41H63N5O10. The Kier molecular flexibility index (Phi) is 13.7. The number of hydrogen-bond acceptors (Lipinski definition) is 13. The number of carbonyl (C=O) groups excluding carboxylic acids is 4. The van der Waals surface area contributed by atoms with E-state index in [4.69, 9.17) is 23.7 Å². The van der Waals surface area contributed by atoms with Crippen LogP contribution in [0.5, 0.6) is 0 Å². The highest BCUT2D eigenvalue weighted by atomic mass is 16.7. The van der Waals surface area contributed by atoms with Crippen molar-refractivity contribution in [3.05, 3.63) is 24.7 Å². The molecule has 15 heteroatoms. The zero-order valence-electron chi connectivity index (χ0n) is 35.0. The average Bonchev–Trinajstić information content (AvgIpc) is 3.73. The van der Waals surface area contributed by atoms with E-state index in [1.54, 1.807) is 38.2 Å². The SMILES string of the molecule is CC[C@H]1OC(=O)C(C)(C)C(=O)[C@H](C)[C@@H](OC2O[C@H](C)C[C@H](N(C)C)[C@H]2O)[C@](C)(OC)C[C@@H](C)C(=O)[C@H](C)[C@@H]2C1OC(=O)N2CCCCn1cnc2cccnc21. The Morgan fingerprint density at radius 3 is 2.36 bits per heavy atom. The van der Waals surface area contributed by atoms with Gasteiger partial charge in [0.25, 0.3) is 0 Å². The lowest BCUT2D eigenvalue weighted by Gasteiger charge is -2.47. The molecule has 2 unspecified atom stereocenters. The molecule has 0 spiro atoms. The van der Waals surface area contributed by atoms with E-state index in [1.165, 1.54) is 21.0 Å². The summed E-state index contributed by atoms with van der Waals surface area (Å²) < 4.78 is 33.0. The molecule has 0 radical (unpaired) electrons. The lowest BCUT2D eigenvalue weighted by Crippen LogP contribution is -2.60. The fourth-order valence-electron chi connectivity index (χ4n) is 8.97. The molecular weight excluding hydrogens is 722 g/mol. The number of fused-ring (bicyclic) bond motifs is 2. The van der Waals surface area contributed by atoms with Gasteiger partial charge in [-0.1, -0.05) is 27.7 Å². The molecule has 5 rings (SSSR count). The molecule has 0 aromatic carbocycles. The number of imidazole rings is 1. The Bertz CT molecular complexity index is 1720. The van der Waals surface area contributed by atoms with Crippen molar-refractivity contribution < 1.29 is 48.0 Å². The summed E-state index contributed by atoms with van der Waals surface area (Å²) in [7, 11) is 5.24. The molecule has 3 aliphatic rings. The number of cyclic esters (lactones) is 1. The van der Waals surface area contributed by atoms with Crippen LogP contribution in [-0.2, 0) is 44.6 Å². The molecule has 312 valence electrons. The number of ether oxygens (including phenoxy) is 5. The molecule has 0 bridgehead atoms. The number of aliphatic hydroxyl groups excluding tert-OH is 1. The van der Waals surface area contributed by atoms with Gasteiger partial charge in [-0.3, -0.25) is 14.4 Å². The number of ketones is 2. The minimum atomic E-state index is -1.66. The van der Waals surface area contributed by atoms with Gasteiger partial charge in [-0.15, -0.1) is 0 Å². The lowest BCUT2D eigenvalue weighted by molar-refractivity contribution is -0.295. The first-order valence-electron chi connectivity index (χ1n) is 20.1. The molecule has 2 aromatic rings. The van der Waals surface area contributed by atoms with Crippen molar-refractivity contribution in [3.63, 3.8) is 0 Å². The van der Waals surface area contributed by atoms with Crippen LogP contribution in [0.4, 0.5) is 4.79 Å². The van der Waals surface area contributed by atoms with Gasteiger partial charge in [0.15, 0.2) is 23.8 Å². The number of hydrogen-bond donors (Lipinski definition) is 1.